The Hall–Kier alpha value is -3.89. The van der Waals surface area contributed by atoms with Crippen LogP contribution in [0.1, 0.15) is 28.7 Å². The first-order chi connectivity index (χ1) is 19.2. The van der Waals surface area contributed by atoms with Crippen molar-refractivity contribution in [2.24, 2.45) is 11.3 Å². The molecule has 0 bridgehead atoms. The number of amides is 1. The Balaban J connectivity index is 1.36. The lowest BCUT2D eigenvalue weighted by Gasteiger charge is -2.23. The number of phenolic OH excluding ortho intramolecular Hbond substituents is 2. The first-order valence-corrected chi connectivity index (χ1v) is 13.8. The average Bonchev–Trinajstić information content (AvgIpc) is 3.18. The van der Waals surface area contributed by atoms with Crippen LogP contribution in [0, 0.1) is 23.2 Å². The van der Waals surface area contributed by atoms with E-state index in [2.05, 4.69) is 37.4 Å². The molecule has 0 aliphatic heterocycles. The van der Waals surface area contributed by atoms with Crippen molar-refractivity contribution in [2.75, 3.05) is 18.9 Å². The number of hydrogen-bond donors (Lipinski definition) is 6. The molecule has 2 fully saturated rings. The van der Waals surface area contributed by atoms with E-state index >= 15 is 0 Å². The van der Waals surface area contributed by atoms with E-state index in [4.69, 9.17) is 11.6 Å². The zero-order valence-electron chi connectivity index (χ0n) is 21.2. The van der Waals surface area contributed by atoms with E-state index in [1.54, 1.807) is 22.8 Å². The lowest BCUT2D eigenvalue weighted by molar-refractivity contribution is -0.132. The summed E-state index contributed by atoms with van der Waals surface area (Å²) < 4.78 is 2.31. The lowest BCUT2D eigenvalue weighted by Crippen LogP contribution is -2.41. The molecular formula is C27H25ClN6O5S. The fraction of sp³-hybridized carbons (Fsp3) is 0.333. The second-order valence-electron chi connectivity index (χ2n) is 9.93. The molecule has 0 radical (unpaired) electrons. The summed E-state index contributed by atoms with van der Waals surface area (Å²) in [5, 5.41) is 47.1. The first-order valence-electron chi connectivity index (χ1n) is 12.6. The third-order valence-electron chi connectivity index (χ3n) is 7.68. The second-order valence-corrected chi connectivity index (χ2v) is 11.6. The molecule has 0 spiro atoms. The molecular weight excluding hydrogens is 556 g/mol. The Morgan fingerprint density at radius 3 is 2.75 bits per heavy atom. The van der Waals surface area contributed by atoms with Gasteiger partial charge in [-0.05, 0) is 54.5 Å². The second kappa shape index (κ2) is 9.94. The highest BCUT2D eigenvalue weighted by atomic mass is 35.5. The number of carbonyl (C=O) groups is 1. The van der Waals surface area contributed by atoms with E-state index in [-0.39, 0.29) is 29.1 Å². The van der Waals surface area contributed by atoms with Gasteiger partial charge in [0.2, 0.25) is 11.7 Å². The van der Waals surface area contributed by atoms with Crippen molar-refractivity contribution in [3.05, 3.63) is 57.3 Å². The number of thiophene rings is 1. The predicted molar refractivity (Wildman–Crippen MR) is 148 cm³/mol. The molecule has 1 aromatic carbocycles. The number of fused-ring (bicyclic) bond motifs is 2. The third kappa shape index (κ3) is 4.31. The van der Waals surface area contributed by atoms with Crippen LogP contribution in [-0.2, 0) is 11.2 Å². The smallest absolute Gasteiger partial charge is 0.229 e. The van der Waals surface area contributed by atoms with E-state index in [1.807, 2.05) is 0 Å². The lowest BCUT2D eigenvalue weighted by atomic mass is 9.98. The topological polar surface area (TPSA) is 166 Å². The highest BCUT2D eigenvalue weighted by Crippen LogP contribution is 2.67. The number of nitrogens with one attached hydrogen (secondary N) is 2. The quantitative estimate of drug-likeness (QED) is 0.148. The number of aliphatic hydroxyl groups is 2. The summed E-state index contributed by atoms with van der Waals surface area (Å²) in [6, 6.07) is 7.58. The van der Waals surface area contributed by atoms with E-state index in [1.165, 1.54) is 36.8 Å². The average molecular weight is 581 g/mol. The maximum atomic E-state index is 12.6. The molecule has 2 aliphatic carbocycles. The summed E-state index contributed by atoms with van der Waals surface area (Å²) in [7, 11) is 1.52. The molecule has 13 heteroatoms. The molecule has 6 N–H and O–H groups in total. The molecule has 0 unspecified atom stereocenters. The Bertz CT molecular complexity index is 1700. The number of anilines is 1. The van der Waals surface area contributed by atoms with Gasteiger partial charge in [-0.15, -0.1) is 11.3 Å². The Labute approximate surface area is 237 Å². The van der Waals surface area contributed by atoms with E-state index < -0.39 is 23.7 Å². The van der Waals surface area contributed by atoms with E-state index in [9.17, 15) is 25.2 Å². The minimum Gasteiger partial charge on any atom is -0.504 e. The van der Waals surface area contributed by atoms with Crippen molar-refractivity contribution >= 4 is 45.8 Å². The van der Waals surface area contributed by atoms with Gasteiger partial charge in [-0.25, -0.2) is 15.0 Å². The van der Waals surface area contributed by atoms with Gasteiger partial charge in [0.25, 0.3) is 0 Å². The van der Waals surface area contributed by atoms with Crippen LogP contribution in [0.5, 0.6) is 11.5 Å². The molecule has 3 heterocycles. The minimum atomic E-state index is -1.22. The molecule has 2 saturated carbocycles. The van der Waals surface area contributed by atoms with E-state index in [0.29, 0.717) is 40.7 Å². The summed E-state index contributed by atoms with van der Waals surface area (Å²) in [5.41, 5.74) is 0.609. The van der Waals surface area contributed by atoms with Gasteiger partial charge >= 0.3 is 0 Å². The van der Waals surface area contributed by atoms with Crippen LogP contribution >= 0.6 is 22.9 Å². The molecule has 1 amide bonds. The Kier molecular flexibility index (Phi) is 6.54. The van der Waals surface area contributed by atoms with Gasteiger partial charge in [0.15, 0.2) is 28.5 Å². The summed E-state index contributed by atoms with van der Waals surface area (Å²) in [6.45, 7) is 0.420. The number of aliphatic hydroxyl groups excluding tert-OH is 2. The number of aromatic hydroxyl groups is 2. The van der Waals surface area contributed by atoms with Gasteiger partial charge in [-0.1, -0.05) is 17.7 Å². The monoisotopic (exact) mass is 580 g/mol. The SMILES string of the molecule is CNC(=O)[C@@]12C[C@@H]1[C@@H](n1cnc3c(NCCc4ccc(O)c(O)c4)nc(C#Cc4ccc(Cl)s4)nc31)[C@H](O)[C@@H]2O. The van der Waals surface area contributed by atoms with Crippen molar-refractivity contribution in [2.45, 2.75) is 31.1 Å². The normalized spacial score (nSPS) is 24.8. The van der Waals surface area contributed by atoms with Crippen molar-refractivity contribution in [3.8, 4) is 23.3 Å². The predicted octanol–water partition coefficient (Wildman–Crippen LogP) is 2.04. The van der Waals surface area contributed by atoms with Crippen LogP contribution in [0.4, 0.5) is 5.82 Å². The Morgan fingerprint density at radius 1 is 1.20 bits per heavy atom. The Morgan fingerprint density at radius 2 is 2.02 bits per heavy atom. The summed E-state index contributed by atoms with van der Waals surface area (Å²) in [4.78, 5) is 27.1. The van der Waals surface area contributed by atoms with Gasteiger partial charge in [-0.3, -0.25) is 4.79 Å². The fourth-order valence-corrected chi connectivity index (χ4v) is 6.55. The largest absolute Gasteiger partial charge is 0.504 e. The van der Waals surface area contributed by atoms with Crippen LogP contribution in [-0.4, -0.2) is 71.7 Å². The number of halogens is 1. The minimum absolute atomic E-state index is 0.190. The molecule has 206 valence electrons. The number of benzene rings is 1. The van der Waals surface area contributed by atoms with Gasteiger partial charge in [-0.2, -0.15) is 0 Å². The van der Waals surface area contributed by atoms with E-state index in [0.717, 1.165) is 10.4 Å². The molecule has 0 saturated heterocycles. The zero-order chi connectivity index (χ0) is 28.2. The van der Waals surface area contributed by atoms with Crippen molar-refractivity contribution < 1.29 is 25.2 Å². The number of nitrogens with zero attached hydrogens (tertiary/aromatic N) is 4. The van der Waals surface area contributed by atoms with Crippen LogP contribution in [0.3, 0.4) is 0 Å². The van der Waals surface area contributed by atoms with Gasteiger partial charge in [0, 0.05) is 19.5 Å². The number of imidazole rings is 1. The maximum absolute atomic E-state index is 12.6. The summed E-state index contributed by atoms with van der Waals surface area (Å²) >= 11 is 7.36. The number of hydrogen-bond acceptors (Lipinski definition) is 10. The highest BCUT2D eigenvalue weighted by molar-refractivity contribution is 7.16. The zero-order valence-corrected chi connectivity index (χ0v) is 22.7. The first kappa shape index (κ1) is 26.3. The molecule has 5 atom stereocenters. The molecule has 6 rings (SSSR count). The highest BCUT2D eigenvalue weighted by Gasteiger charge is 2.75. The van der Waals surface area contributed by atoms with Crippen LogP contribution in [0.15, 0.2) is 36.7 Å². The van der Waals surface area contributed by atoms with Gasteiger partial charge in [0.1, 0.15) is 6.10 Å². The molecule has 4 aromatic rings. The van der Waals surface area contributed by atoms with Crippen molar-refractivity contribution in [3.63, 3.8) is 0 Å². The summed E-state index contributed by atoms with van der Waals surface area (Å²) in [6.07, 6.45) is 0.0848. The van der Waals surface area contributed by atoms with Crippen LogP contribution in [0.2, 0.25) is 4.34 Å². The van der Waals surface area contributed by atoms with Gasteiger partial charge < -0.3 is 35.6 Å². The fourth-order valence-electron chi connectivity index (χ4n) is 5.65. The number of rotatable bonds is 6. The van der Waals surface area contributed by atoms with Crippen LogP contribution < -0.4 is 10.6 Å². The molecule has 40 heavy (non-hydrogen) atoms. The molecule has 2 aliphatic rings. The van der Waals surface area contributed by atoms with Gasteiger partial charge in [0.05, 0.1) is 33.1 Å². The number of aromatic nitrogens is 4. The number of phenols is 2. The third-order valence-corrected chi connectivity index (χ3v) is 8.83. The molecule has 11 nitrogen and oxygen atoms in total. The maximum Gasteiger partial charge on any atom is 0.229 e. The number of carbonyl (C=O) groups excluding carboxylic acids is 1. The van der Waals surface area contributed by atoms with Crippen molar-refractivity contribution in [1.82, 2.24) is 24.8 Å². The standard InChI is InChI=1S/C27H25ClN6O5S/c1-29-26(39)27-11-15(27)21(22(37)23(27)38)34-12-31-20-24(30-9-8-13-2-5-16(35)17(36)10-13)32-19(33-25(20)34)7-4-14-3-6-18(28)40-14/h2-3,5-6,10,12,15,21-23,35-38H,8-9,11H2,1H3,(H,29,39)(H,30,32,33)/t15-,21-,22+,23+,27+/m1/s1. The summed E-state index contributed by atoms with van der Waals surface area (Å²) in [5.74, 6) is 5.65. The van der Waals surface area contributed by atoms with Crippen LogP contribution in [0.25, 0.3) is 11.2 Å². The van der Waals surface area contributed by atoms with Crippen molar-refractivity contribution in [1.29, 1.82) is 0 Å². The molecule has 3 aromatic heterocycles.